The summed E-state index contributed by atoms with van der Waals surface area (Å²) in [6.07, 6.45) is -12.6. The number of benzene rings is 2. The highest BCUT2D eigenvalue weighted by molar-refractivity contribution is 6.01. The second kappa shape index (κ2) is 36.2. The van der Waals surface area contributed by atoms with Crippen LogP contribution in [0.15, 0.2) is 42.5 Å². The summed E-state index contributed by atoms with van der Waals surface area (Å²) in [5.74, 6) is -21.8. The first-order valence-corrected chi connectivity index (χ1v) is 26.8. The molecule has 0 saturated carbocycles. The Labute approximate surface area is 510 Å². The largest absolute Gasteiger partial charge is 0.508 e. The molecule has 8 amide bonds. The zero-order valence-electron chi connectivity index (χ0n) is 47.5. The molecule has 0 saturated heterocycles. The summed E-state index contributed by atoms with van der Waals surface area (Å²) in [6.45, 7) is 0.0961. The molecule has 2 aromatic rings. The van der Waals surface area contributed by atoms with Crippen molar-refractivity contribution in [3.8, 4) is 18.1 Å². The maximum Gasteiger partial charge on any atom is 0.417 e. The normalized spacial score (nSPS) is 14.0. The Hall–Kier alpha value is -10.4. The molecule has 0 unspecified atom stereocenters. The van der Waals surface area contributed by atoms with E-state index in [0.717, 1.165) is 12.1 Å². The minimum Gasteiger partial charge on any atom is -0.508 e. The predicted octanol–water partition coefficient (Wildman–Crippen LogP) is -1.74. The molecule has 0 radical (unpaired) electrons. The van der Waals surface area contributed by atoms with Gasteiger partial charge in [-0.05, 0) is 93.1 Å². The fourth-order valence-electron chi connectivity index (χ4n) is 8.17. The molecule has 31 nitrogen and oxygen atoms in total. The third kappa shape index (κ3) is 27.3. The van der Waals surface area contributed by atoms with Gasteiger partial charge in [0.05, 0.1) is 43.2 Å². The summed E-state index contributed by atoms with van der Waals surface area (Å²) in [7, 11) is 0. The lowest BCUT2D eigenvalue weighted by Crippen LogP contribution is -2.61. The highest BCUT2D eigenvalue weighted by Gasteiger charge is 2.42. The van der Waals surface area contributed by atoms with Crippen molar-refractivity contribution in [2.45, 2.75) is 138 Å². The molecule has 498 valence electrons. The van der Waals surface area contributed by atoms with Crippen molar-refractivity contribution in [1.29, 1.82) is 0 Å². The van der Waals surface area contributed by atoms with E-state index in [0.29, 0.717) is 18.6 Å². The van der Waals surface area contributed by atoms with Crippen molar-refractivity contribution >= 4 is 89.1 Å². The van der Waals surface area contributed by atoms with Crippen LogP contribution in [-0.2, 0) is 85.9 Å². The van der Waals surface area contributed by atoms with Crippen LogP contribution in [0.25, 0.3) is 6.08 Å². The van der Waals surface area contributed by atoms with Crippen LogP contribution in [0, 0.1) is 12.3 Å². The molecule has 37 heteroatoms. The average Bonchev–Trinajstić information content (AvgIpc) is 0.802. The lowest BCUT2D eigenvalue weighted by Gasteiger charge is -2.27. The molecular formula is C54H64F6N10O21. The van der Waals surface area contributed by atoms with Gasteiger partial charge in [0.15, 0.2) is 0 Å². The molecule has 8 atom stereocenters. The Balaban J connectivity index is 2.55. The number of hydrogen-bond acceptors (Lipinski definition) is 17. The van der Waals surface area contributed by atoms with Gasteiger partial charge in [-0.2, -0.15) is 26.3 Å². The number of aliphatic carboxylic acids is 6. The van der Waals surface area contributed by atoms with Crippen molar-refractivity contribution in [3.63, 3.8) is 0 Å². The van der Waals surface area contributed by atoms with Crippen molar-refractivity contribution in [1.82, 2.24) is 42.5 Å². The van der Waals surface area contributed by atoms with Crippen LogP contribution in [0.4, 0.5) is 26.3 Å². The number of rotatable bonds is 38. The smallest absolute Gasteiger partial charge is 0.417 e. The molecule has 0 aliphatic carbocycles. The monoisotopic (exact) mass is 1300 g/mol. The predicted molar refractivity (Wildman–Crippen MR) is 295 cm³/mol. The zero-order valence-corrected chi connectivity index (χ0v) is 47.5. The molecule has 0 bridgehead atoms. The van der Waals surface area contributed by atoms with Gasteiger partial charge in [0.2, 0.25) is 47.3 Å². The number of nitrogens with one attached hydrogen (secondary N) is 8. The minimum absolute atomic E-state index is 0.0393. The van der Waals surface area contributed by atoms with Crippen LogP contribution in [-0.4, -0.2) is 180 Å². The van der Waals surface area contributed by atoms with Gasteiger partial charge in [-0.1, -0.05) is 18.1 Å². The first kappa shape index (κ1) is 76.7. The Morgan fingerprint density at radius 3 is 1.10 bits per heavy atom. The third-order valence-corrected chi connectivity index (χ3v) is 12.6. The van der Waals surface area contributed by atoms with E-state index in [1.165, 1.54) is 18.1 Å². The summed E-state index contributed by atoms with van der Waals surface area (Å²) in [5.41, 5.74) is 4.86. The van der Waals surface area contributed by atoms with E-state index in [1.54, 1.807) is 0 Å². The number of hydrogen-bond donors (Lipinski definition) is 17. The van der Waals surface area contributed by atoms with Crippen LogP contribution in [0.5, 0.6) is 5.75 Å². The van der Waals surface area contributed by atoms with Crippen LogP contribution in [0.3, 0.4) is 0 Å². The van der Waals surface area contributed by atoms with E-state index in [9.17, 15) is 129 Å². The van der Waals surface area contributed by atoms with Crippen LogP contribution < -0.4 is 54.0 Å². The number of phenols is 1. The minimum atomic E-state index is -5.44. The number of carbonyl (C=O) groups is 14. The van der Waals surface area contributed by atoms with Gasteiger partial charge in [-0.15, -0.1) is 6.42 Å². The summed E-state index contributed by atoms with van der Waals surface area (Å²) in [5, 5.41) is 83.5. The van der Waals surface area contributed by atoms with Crippen molar-refractivity contribution in [2.24, 2.45) is 11.5 Å². The number of carbonyl (C=O) groups excluding carboxylic acids is 8. The highest BCUT2D eigenvalue weighted by Crippen LogP contribution is 2.40. The van der Waals surface area contributed by atoms with Crippen LogP contribution >= 0.6 is 0 Å². The number of unbranched alkanes of at least 4 members (excludes halogenated alkanes) is 2. The molecule has 0 aromatic heterocycles. The molecule has 91 heavy (non-hydrogen) atoms. The fourth-order valence-corrected chi connectivity index (χ4v) is 8.17. The Morgan fingerprint density at radius 2 is 0.769 bits per heavy atom. The van der Waals surface area contributed by atoms with Gasteiger partial charge in [-0.25, -0.2) is 4.79 Å². The SMILES string of the molecule is C#Cc1c(C(F)(F)F)cc(/C=C/C(=O)N[C@@H](CC(=O)O)C(=O)N[C@@H](Cc2ccc(O)cc2)C(=O)N[C@@H](CCCCN)C(=O)N[C@@H](CC(=O)O)C(=O)N[C@@H](CC(=O)O)C(=O)N[C@@H](CC(=O)O)C(=O)N[C@@H](CC(=O)O)C(=O)N[C@@H](CCCCN)C(=O)O)cc1C(F)(F)F. The summed E-state index contributed by atoms with van der Waals surface area (Å²) in [4.78, 5) is 181. The van der Waals surface area contributed by atoms with Gasteiger partial charge in [0.25, 0.3) is 0 Å². The van der Waals surface area contributed by atoms with E-state index in [-0.39, 0.29) is 62.2 Å². The van der Waals surface area contributed by atoms with Gasteiger partial charge < -0.3 is 89.7 Å². The number of carboxylic acid groups (broad SMARTS) is 6. The zero-order chi connectivity index (χ0) is 69.1. The van der Waals surface area contributed by atoms with Crippen molar-refractivity contribution in [3.05, 3.63) is 70.3 Å². The summed E-state index contributed by atoms with van der Waals surface area (Å²) in [6, 6.07) is -11.9. The van der Waals surface area contributed by atoms with E-state index < -0.39 is 211 Å². The number of alkyl halides is 6. The number of nitrogens with two attached hydrogens (primary N) is 2. The second-order valence-electron chi connectivity index (χ2n) is 19.7. The highest BCUT2D eigenvalue weighted by atomic mass is 19.4. The topological polar surface area (TPSA) is 529 Å². The quantitative estimate of drug-likeness (QED) is 0.0154. The number of amides is 8. The molecule has 2 aromatic carbocycles. The third-order valence-electron chi connectivity index (χ3n) is 12.6. The molecule has 0 fully saturated rings. The molecule has 2 rings (SSSR count). The number of halogens is 6. The molecule has 19 N–H and O–H groups in total. The fraction of sp³-hybridized carbons (Fsp3) is 0.444. The van der Waals surface area contributed by atoms with Crippen molar-refractivity contribution in [2.75, 3.05) is 13.1 Å². The van der Waals surface area contributed by atoms with Crippen LogP contribution in [0.2, 0.25) is 0 Å². The molecule has 0 aliphatic heterocycles. The number of phenolic OH excluding ortho intramolecular Hbond substituents is 1. The maximum atomic E-state index is 14.3. The number of carboxylic acids is 6. The maximum absolute atomic E-state index is 14.3. The summed E-state index contributed by atoms with van der Waals surface area (Å²) < 4.78 is 82.9. The van der Waals surface area contributed by atoms with Gasteiger partial charge in [-0.3, -0.25) is 62.3 Å². The van der Waals surface area contributed by atoms with Gasteiger partial charge in [0, 0.05) is 18.1 Å². The molecule has 0 aliphatic rings. The lowest BCUT2D eigenvalue weighted by molar-refractivity contribution is -0.145. The van der Waals surface area contributed by atoms with E-state index in [4.69, 9.17) is 17.9 Å². The van der Waals surface area contributed by atoms with Crippen molar-refractivity contribution < 1.29 is 129 Å². The van der Waals surface area contributed by atoms with E-state index >= 15 is 0 Å². The Kier molecular flexibility index (Phi) is 30.5. The second-order valence-corrected chi connectivity index (χ2v) is 19.7. The Morgan fingerprint density at radius 1 is 0.462 bits per heavy atom. The molecule has 0 spiro atoms. The van der Waals surface area contributed by atoms with E-state index in [2.05, 4.69) is 10.6 Å². The van der Waals surface area contributed by atoms with Gasteiger partial charge in [0.1, 0.15) is 54.1 Å². The standard InChI is InChI=1S/C54H64F6N10O21/c1-2-28-29(53(55,56)57)17-26(18-30(28)54(58,59)60)11-14-39(72)63-34(20-40(73)74)47(85)66-33(19-25-9-12-27(71)13-10-25)46(84)64-31(7-3-5-15-61)45(83)67-36(22-42(77)78)49(87)69-38(24-44(81)82)51(89)70-37(23-43(79)80)50(88)68-35(21-41(75)76)48(86)65-32(52(90)91)8-4-6-16-62/h1,9-14,17-18,31-38,71H,3-8,15-16,19-24,61-62H2,(H,63,72)(H,64,84)(H,65,86)(H,66,85)(H,67,83)(H,68,88)(H,69,87)(H,70,89)(H,73,74)(H,75,76)(H,77,78)(H,79,80)(H,81,82)(H,90,91)/b14-11+/t31-,32-,33-,34-,35-,36-,37-,38-/m0/s1. The molecular weight excluding hydrogens is 1240 g/mol. The number of aromatic hydroxyl groups is 1. The first-order valence-electron chi connectivity index (χ1n) is 26.8. The molecule has 0 heterocycles. The average molecular weight is 1300 g/mol. The summed E-state index contributed by atoms with van der Waals surface area (Å²) >= 11 is 0. The van der Waals surface area contributed by atoms with Gasteiger partial charge >= 0.3 is 48.2 Å². The number of terminal acetylenes is 1. The van der Waals surface area contributed by atoms with Crippen LogP contribution in [0.1, 0.15) is 98.4 Å². The lowest BCUT2D eigenvalue weighted by atomic mass is 9.96. The van der Waals surface area contributed by atoms with E-state index in [1.807, 2.05) is 31.9 Å². The first-order chi connectivity index (χ1) is 42.4. The Bertz CT molecular complexity index is 3070.